The number of cyclic esters (lactones) is 16. The number of aliphatic carboxylic acids is 4. The van der Waals surface area contributed by atoms with E-state index in [1.54, 1.807) is 12.2 Å². The molecular weight excluding hydrogens is 1160 g/mol. The first-order chi connectivity index (χ1) is 40.6. The van der Waals surface area contributed by atoms with Gasteiger partial charge in [-0.1, -0.05) is 12.2 Å². The molecule has 86 heavy (non-hydrogen) atoms. The molecule has 0 aromatic rings. The average Bonchev–Trinajstić information content (AvgIpc) is 1.50. The van der Waals surface area contributed by atoms with Crippen molar-refractivity contribution in [2.45, 2.75) is 51.4 Å². The van der Waals surface area contributed by atoms with E-state index in [0.717, 1.165) is 0 Å². The van der Waals surface area contributed by atoms with Crippen molar-refractivity contribution in [3.63, 3.8) is 0 Å². The van der Waals surface area contributed by atoms with Crippen molar-refractivity contribution in [2.24, 2.45) is 141 Å². The van der Waals surface area contributed by atoms with E-state index in [0.29, 0.717) is 19.3 Å². The molecule has 8 heterocycles. The molecule has 20 unspecified atom stereocenters. The number of ether oxygens (including phenoxy) is 8. The van der Waals surface area contributed by atoms with Crippen LogP contribution in [0.5, 0.6) is 0 Å². The van der Waals surface area contributed by atoms with Crippen LogP contribution in [0.15, 0.2) is 12.2 Å². The maximum atomic E-state index is 11.9. The number of hydrogen-bond acceptors (Lipinski definition) is 28. The molecule has 10 aliphatic carbocycles. The van der Waals surface area contributed by atoms with E-state index in [9.17, 15) is 116 Å². The zero-order valence-corrected chi connectivity index (χ0v) is 43.7. The molecule has 4 N–H and O–H groups in total. The average molecular weight is 1200 g/mol. The van der Waals surface area contributed by atoms with Crippen molar-refractivity contribution in [2.75, 3.05) is 0 Å². The smallest absolute Gasteiger partial charge is 0.333 e. The molecule has 0 aromatic carbocycles. The Kier molecular flexibility index (Phi) is 13.1. The van der Waals surface area contributed by atoms with E-state index in [1.165, 1.54) is 0 Å². The lowest BCUT2D eigenvalue weighted by Gasteiger charge is -2.51. The summed E-state index contributed by atoms with van der Waals surface area (Å²) in [4.78, 5) is 230. The highest BCUT2D eigenvalue weighted by molar-refractivity contribution is 6.21. The van der Waals surface area contributed by atoms with Gasteiger partial charge < -0.3 is 58.3 Å². The summed E-state index contributed by atoms with van der Waals surface area (Å²) in [5.41, 5.74) is -2.77. The predicted octanol–water partition coefficient (Wildman–Crippen LogP) is -2.75. The Labute approximate surface area is 477 Å². The van der Waals surface area contributed by atoms with E-state index < -0.39 is 254 Å². The Morgan fingerprint density at radius 2 is 0.651 bits per heavy atom. The number of carboxylic acids is 4. The molecule has 0 radical (unpaired) electrons. The van der Waals surface area contributed by atoms with Crippen LogP contribution in [0.2, 0.25) is 0 Å². The summed E-state index contributed by atoms with van der Waals surface area (Å²) in [5.74, 6) is -32.8. The Bertz CT molecular complexity index is 3110. The largest absolute Gasteiger partial charge is 0.481 e. The lowest BCUT2D eigenvalue weighted by atomic mass is 9.50. The molecule has 8 aliphatic heterocycles. The number of rotatable bonds is 4. The van der Waals surface area contributed by atoms with Crippen LogP contribution >= 0.6 is 0 Å². The number of carbonyl (C=O) groups excluding carboxylic acids is 16. The second-order valence-electron chi connectivity index (χ2n) is 24.1. The summed E-state index contributed by atoms with van der Waals surface area (Å²) >= 11 is 0. The number of carbonyl (C=O) groups is 20. The fourth-order valence-corrected chi connectivity index (χ4v) is 17.5. The monoisotopic (exact) mass is 1200 g/mol. The highest BCUT2D eigenvalue weighted by Gasteiger charge is 2.87. The molecule has 0 amide bonds. The van der Waals surface area contributed by atoms with E-state index in [2.05, 4.69) is 37.9 Å². The molecule has 32 heteroatoms. The molecule has 2 spiro atoms. The number of esters is 16. The third kappa shape index (κ3) is 7.77. The van der Waals surface area contributed by atoms with Gasteiger partial charge in [0.25, 0.3) is 0 Å². The van der Waals surface area contributed by atoms with E-state index in [-0.39, 0.29) is 38.0 Å². The van der Waals surface area contributed by atoms with Gasteiger partial charge in [0.1, 0.15) is 0 Å². The maximum Gasteiger partial charge on any atom is 0.333 e. The number of fused-ring (bicyclic) bond motifs is 10. The van der Waals surface area contributed by atoms with Gasteiger partial charge in [0.05, 0.1) is 106 Å². The molecule has 8 saturated heterocycles. The van der Waals surface area contributed by atoms with Crippen LogP contribution in [0.1, 0.15) is 51.4 Å². The number of carboxylic acid groups (broad SMARTS) is 4. The maximum absolute atomic E-state index is 11.9. The highest BCUT2D eigenvalue weighted by atomic mass is 16.6. The van der Waals surface area contributed by atoms with Gasteiger partial charge in [0.2, 0.25) is 0 Å². The third-order valence-electron chi connectivity index (χ3n) is 20.9. The Morgan fingerprint density at radius 3 is 1.01 bits per heavy atom. The minimum absolute atomic E-state index is 0.106. The molecule has 18 aliphatic rings. The lowest BCUT2D eigenvalue weighted by Crippen LogP contribution is -2.59. The van der Waals surface area contributed by atoms with Gasteiger partial charge in [-0.05, 0) is 69.1 Å². The van der Waals surface area contributed by atoms with Gasteiger partial charge in [-0.3, -0.25) is 95.9 Å². The SMILES string of the molecule is O=C(O)C1C2CCC(C1C(=O)O)C(C(=O)O)C2C(=O)O.O=C1OC(=O)C23C(=O)OC(=O)C24CCC(C4)C13.O=C1OC(=O)C2C1CC1C(=O)OC(=O)C12.O=C1OC(=O)C2C3C=CC(C12)C1C(=O)OC(=O)C31.O=C1OC(=O)C2CC3C(=O)OC(=O)C3CC12. The Balaban J connectivity index is 0.000000105. The molecule has 452 valence electrons. The van der Waals surface area contributed by atoms with E-state index in [4.69, 9.17) is 0 Å². The van der Waals surface area contributed by atoms with Gasteiger partial charge in [-0.2, -0.15) is 0 Å². The zero-order chi connectivity index (χ0) is 62.0. The van der Waals surface area contributed by atoms with Gasteiger partial charge >= 0.3 is 119 Å². The second kappa shape index (κ2) is 19.6. The molecule has 0 aromatic heterocycles. The summed E-state index contributed by atoms with van der Waals surface area (Å²) in [6, 6.07) is 0. The van der Waals surface area contributed by atoms with E-state index in [1.807, 2.05) is 0 Å². The van der Waals surface area contributed by atoms with Crippen molar-refractivity contribution >= 4 is 119 Å². The summed E-state index contributed by atoms with van der Waals surface area (Å²) in [6.45, 7) is 0. The van der Waals surface area contributed by atoms with Crippen molar-refractivity contribution in [1.29, 1.82) is 0 Å². The second-order valence-corrected chi connectivity index (χ2v) is 24.1. The molecular formula is C54H44O32. The first-order valence-corrected chi connectivity index (χ1v) is 27.2. The predicted molar refractivity (Wildman–Crippen MR) is 247 cm³/mol. The zero-order valence-electron chi connectivity index (χ0n) is 43.7. The van der Waals surface area contributed by atoms with Crippen LogP contribution in [-0.4, -0.2) is 140 Å². The minimum Gasteiger partial charge on any atom is -0.481 e. The van der Waals surface area contributed by atoms with Crippen LogP contribution < -0.4 is 0 Å². The molecule has 8 saturated carbocycles. The summed E-state index contributed by atoms with van der Waals surface area (Å²) in [7, 11) is 0. The first-order valence-electron chi connectivity index (χ1n) is 27.2. The summed E-state index contributed by atoms with van der Waals surface area (Å²) in [5, 5.41) is 36.8. The standard InChI is InChI=1S/C12H14O8.C12H8O6.C11H8O6.C10H8O6.C9H6O6/c13-9(14)5-3-1-2-4(7(5)11(17)18)8(12(19)20)6(3)10(15)16;13-9-5-3-1-2-4(7(5)11(15)17-9)8-6(3)10(14)18-12(8)16;12-6-5-4-1-2-10(3-4)7(13)17-9(15)11(5,10)8(14)16-6;11-7-3-1-4-6(10(14)16-8(4)12)2-5(3)9(13)15-7;10-6-2-1-3-5(4(2)8(12)14-6)9(13)15-7(3)11/h3-8H,1-2H2,(H,13,14)(H,15,16)(H,17,18)(H,19,20);1-8H;4-5H,1-3H2;3-6H,1-2H2;2-5H,1H2. The van der Waals surface area contributed by atoms with Crippen LogP contribution in [0.25, 0.3) is 0 Å². The Morgan fingerprint density at radius 1 is 0.349 bits per heavy atom. The normalized spacial score (nSPS) is 44.3. The third-order valence-corrected chi connectivity index (χ3v) is 20.9. The van der Waals surface area contributed by atoms with Crippen LogP contribution in [0.3, 0.4) is 0 Å². The molecule has 6 bridgehead atoms. The van der Waals surface area contributed by atoms with Crippen molar-refractivity contribution < 1.29 is 154 Å². The van der Waals surface area contributed by atoms with Gasteiger partial charge in [-0.15, -0.1) is 0 Å². The number of allylic oxidation sites excluding steroid dienone is 2. The Hall–Kier alpha value is -9.26. The lowest BCUT2D eigenvalue weighted by molar-refractivity contribution is -0.189. The summed E-state index contributed by atoms with van der Waals surface area (Å²) in [6.07, 6.45) is 5.98. The molecule has 18 rings (SSSR count). The van der Waals surface area contributed by atoms with Crippen LogP contribution in [0.4, 0.5) is 0 Å². The fraction of sp³-hybridized carbons (Fsp3) is 0.593. The highest BCUT2D eigenvalue weighted by Crippen LogP contribution is 2.73. The van der Waals surface area contributed by atoms with E-state index >= 15 is 0 Å². The topological polar surface area (TPSA) is 496 Å². The summed E-state index contributed by atoms with van der Waals surface area (Å²) < 4.78 is 36.4. The first kappa shape index (κ1) is 57.2. The van der Waals surface area contributed by atoms with Crippen LogP contribution in [-0.2, 0) is 134 Å². The van der Waals surface area contributed by atoms with Gasteiger partial charge in [-0.25, -0.2) is 0 Å². The van der Waals surface area contributed by atoms with Crippen molar-refractivity contribution in [3.8, 4) is 0 Å². The molecule has 32 nitrogen and oxygen atoms in total. The van der Waals surface area contributed by atoms with Gasteiger partial charge in [0.15, 0.2) is 5.41 Å². The number of hydrogen-bond donors (Lipinski definition) is 4. The minimum atomic E-state index is -1.65. The van der Waals surface area contributed by atoms with Crippen LogP contribution in [0, 0.1) is 141 Å². The fourth-order valence-electron chi connectivity index (χ4n) is 17.5. The van der Waals surface area contributed by atoms with Crippen molar-refractivity contribution in [1.82, 2.24) is 0 Å². The quantitative estimate of drug-likeness (QED) is 0.0959. The molecule has 20 atom stereocenters. The molecule has 16 fully saturated rings. The van der Waals surface area contributed by atoms with Gasteiger partial charge in [0, 0.05) is 11.8 Å². The van der Waals surface area contributed by atoms with Crippen molar-refractivity contribution in [3.05, 3.63) is 12.2 Å².